The largest absolute Gasteiger partial charge is 0.491 e. The smallest absolute Gasteiger partial charge is 0.414 e. The molecule has 0 saturated carbocycles. The van der Waals surface area contributed by atoms with Crippen LogP contribution in [0.3, 0.4) is 0 Å². The van der Waals surface area contributed by atoms with Gasteiger partial charge in [0.05, 0.1) is 18.4 Å². The first-order valence-electron chi connectivity index (χ1n) is 10.4. The molecule has 1 aromatic rings. The number of nitrogens with zero attached hydrogens (tertiary/aromatic N) is 1. The standard InChI is InChI=1S/C20H31N3O8S/c1-3-4-5-6-7-8-9-10-11-32(28,29)23-18(26)15-12-16(30-2)19(21-13-15)31-20(27)22-14-17(24)25/h12-13H,3-11,14H2,1-2H3,(H,22,27)(H,23,26)(H,24,25). The van der Waals surface area contributed by atoms with Crippen molar-refractivity contribution in [2.45, 2.75) is 58.3 Å². The molecule has 1 aromatic heterocycles. The van der Waals surface area contributed by atoms with Crippen molar-refractivity contribution in [2.75, 3.05) is 19.4 Å². The number of methoxy groups -OCH3 is 1. The highest BCUT2D eigenvalue weighted by molar-refractivity contribution is 7.90. The molecule has 0 spiro atoms. The zero-order chi connectivity index (χ0) is 24.0. The number of carbonyl (C=O) groups is 3. The van der Waals surface area contributed by atoms with Crippen LogP contribution in [0.15, 0.2) is 12.3 Å². The lowest BCUT2D eigenvalue weighted by Crippen LogP contribution is -2.33. The zero-order valence-corrected chi connectivity index (χ0v) is 19.2. The Kier molecular flexibility index (Phi) is 12.1. The Morgan fingerprint density at radius 1 is 1.06 bits per heavy atom. The van der Waals surface area contributed by atoms with Gasteiger partial charge >= 0.3 is 12.1 Å². The average Bonchev–Trinajstić information content (AvgIpc) is 2.74. The maximum atomic E-state index is 12.3. The van der Waals surface area contributed by atoms with Crippen LogP contribution in [0.5, 0.6) is 11.6 Å². The molecule has 32 heavy (non-hydrogen) atoms. The molecule has 0 saturated heterocycles. The fourth-order valence-electron chi connectivity index (χ4n) is 2.73. The number of nitrogens with one attached hydrogen (secondary N) is 2. The number of ether oxygens (including phenoxy) is 2. The Morgan fingerprint density at radius 2 is 1.69 bits per heavy atom. The highest BCUT2D eigenvalue weighted by Gasteiger charge is 2.19. The lowest BCUT2D eigenvalue weighted by molar-refractivity contribution is -0.135. The molecule has 11 nitrogen and oxygen atoms in total. The molecule has 0 bridgehead atoms. The van der Waals surface area contributed by atoms with Crippen molar-refractivity contribution < 1.29 is 37.4 Å². The molecule has 0 unspecified atom stereocenters. The molecule has 0 aromatic carbocycles. The average molecular weight is 474 g/mol. The van der Waals surface area contributed by atoms with Gasteiger partial charge in [-0.25, -0.2) is 22.9 Å². The monoisotopic (exact) mass is 473 g/mol. The van der Waals surface area contributed by atoms with Gasteiger partial charge in [0.15, 0.2) is 5.75 Å². The van der Waals surface area contributed by atoms with Crippen LogP contribution >= 0.6 is 0 Å². The van der Waals surface area contributed by atoms with E-state index in [-0.39, 0.29) is 22.9 Å². The summed E-state index contributed by atoms with van der Waals surface area (Å²) in [4.78, 5) is 38.1. The third-order valence-corrected chi connectivity index (χ3v) is 5.71. The molecule has 1 rings (SSSR count). The predicted molar refractivity (Wildman–Crippen MR) is 116 cm³/mol. The number of carboxylic acid groups (broad SMARTS) is 1. The Balaban J connectivity index is 2.56. The van der Waals surface area contributed by atoms with E-state index in [9.17, 15) is 22.8 Å². The van der Waals surface area contributed by atoms with Crippen LogP contribution in [0, 0.1) is 0 Å². The van der Waals surface area contributed by atoms with Gasteiger partial charge in [0.1, 0.15) is 6.54 Å². The molecule has 0 fully saturated rings. The van der Waals surface area contributed by atoms with Gasteiger partial charge in [-0.2, -0.15) is 0 Å². The Labute approximate surface area is 187 Å². The third-order valence-electron chi connectivity index (χ3n) is 4.39. The molecule has 12 heteroatoms. The number of pyridine rings is 1. The van der Waals surface area contributed by atoms with E-state index in [0.717, 1.165) is 37.9 Å². The van der Waals surface area contributed by atoms with Crippen molar-refractivity contribution in [1.29, 1.82) is 0 Å². The molecular formula is C20H31N3O8S. The second-order valence-electron chi connectivity index (χ2n) is 7.09. The van der Waals surface area contributed by atoms with E-state index in [1.54, 1.807) is 0 Å². The topological polar surface area (TPSA) is 161 Å². The van der Waals surface area contributed by atoms with Gasteiger partial charge < -0.3 is 19.9 Å². The first kappa shape index (κ1) is 27.1. The van der Waals surface area contributed by atoms with Gasteiger partial charge in [-0.15, -0.1) is 0 Å². The van der Waals surface area contributed by atoms with Crippen molar-refractivity contribution >= 4 is 28.0 Å². The normalized spacial score (nSPS) is 10.9. The van der Waals surface area contributed by atoms with Crippen LogP contribution in [0.25, 0.3) is 0 Å². The van der Waals surface area contributed by atoms with Crippen LogP contribution in [-0.4, -0.2) is 55.9 Å². The number of unbranched alkanes of at least 4 members (excludes halogenated alkanes) is 7. The lowest BCUT2D eigenvalue weighted by atomic mass is 10.1. The number of rotatable bonds is 15. The van der Waals surface area contributed by atoms with Crippen molar-refractivity contribution in [2.24, 2.45) is 0 Å². The second kappa shape index (κ2) is 14.2. The number of aromatic nitrogens is 1. The molecule has 2 amide bonds. The molecule has 180 valence electrons. The van der Waals surface area contributed by atoms with E-state index in [4.69, 9.17) is 14.6 Å². The van der Waals surface area contributed by atoms with Crippen LogP contribution in [0.4, 0.5) is 4.79 Å². The van der Waals surface area contributed by atoms with E-state index in [0.29, 0.717) is 6.42 Å². The van der Waals surface area contributed by atoms with Crippen LogP contribution in [-0.2, 0) is 14.8 Å². The van der Waals surface area contributed by atoms with Gasteiger partial charge in [0, 0.05) is 12.3 Å². The van der Waals surface area contributed by atoms with Crippen LogP contribution in [0.2, 0.25) is 0 Å². The van der Waals surface area contributed by atoms with E-state index >= 15 is 0 Å². The fraction of sp³-hybridized carbons (Fsp3) is 0.600. The maximum Gasteiger partial charge on any atom is 0.414 e. The van der Waals surface area contributed by atoms with E-state index in [1.807, 2.05) is 10.0 Å². The summed E-state index contributed by atoms with van der Waals surface area (Å²) in [5, 5.41) is 10.5. The molecule has 0 aliphatic heterocycles. The minimum Gasteiger partial charge on any atom is -0.491 e. The first-order chi connectivity index (χ1) is 15.2. The predicted octanol–water partition coefficient (Wildman–Crippen LogP) is 2.46. The van der Waals surface area contributed by atoms with E-state index < -0.39 is 34.5 Å². The minimum atomic E-state index is -3.81. The van der Waals surface area contributed by atoms with Crippen molar-refractivity contribution in [3.05, 3.63) is 17.8 Å². The summed E-state index contributed by atoms with van der Waals surface area (Å²) in [5.74, 6) is -2.74. The Morgan fingerprint density at radius 3 is 2.28 bits per heavy atom. The number of aliphatic carboxylic acids is 1. The number of carbonyl (C=O) groups excluding carboxylic acids is 2. The summed E-state index contributed by atoms with van der Waals surface area (Å²) >= 11 is 0. The number of sulfonamides is 1. The van der Waals surface area contributed by atoms with Gasteiger partial charge in [-0.1, -0.05) is 51.9 Å². The quantitative estimate of drug-likeness (QED) is 0.325. The molecular weight excluding hydrogens is 442 g/mol. The van der Waals surface area contributed by atoms with E-state index in [1.165, 1.54) is 26.4 Å². The van der Waals surface area contributed by atoms with Gasteiger partial charge in [-0.3, -0.25) is 9.59 Å². The summed E-state index contributed by atoms with van der Waals surface area (Å²) in [7, 11) is -2.58. The lowest BCUT2D eigenvalue weighted by Gasteiger charge is -2.11. The Bertz CT molecular complexity index is 874. The molecule has 0 aliphatic rings. The number of hydrogen-bond acceptors (Lipinski definition) is 8. The number of carboxylic acids is 1. The highest BCUT2D eigenvalue weighted by atomic mass is 32.2. The zero-order valence-electron chi connectivity index (χ0n) is 18.4. The van der Waals surface area contributed by atoms with E-state index in [2.05, 4.69) is 11.9 Å². The third kappa shape index (κ3) is 10.9. The summed E-state index contributed by atoms with van der Waals surface area (Å²) < 4.78 is 36.2. The van der Waals surface area contributed by atoms with Crippen LogP contribution in [0.1, 0.15) is 68.6 Å². The fourth-order valence-corrected chi connectivity index (χ4v) is 3.81. The summed E-state index contributed by atoms with van der Waals surface area (Å²) in [6, 6.07) is 1.16. The maximum absolute atomic E-state index is 12.3. The molecule has 1 heterocycles. The highest BCUT2D eigenvalue weighted by Crippen LogP contribution is 2.25. The van der Waals surface area contributed by atoms with Crippen molar-refractivity contribution in [3.63, 3.8) is 0 Å². The molecule has 0 radical (unpaired) electrons. The van der Waals surface area contributed by atoms with Gasteiger partial charge in [-0.05, 0) is 6.42 Å². The first-order valence-corrected chi connectivity index (χ1v) is 12.1. The number of hydrogen-bond donors (Lipinski definition) is 3. The summed E-state index contributed by atoms with van der Waals surface area (Å²) in [6.07, 6.45) is 7.92. The van der Waals surface area contributed by atoms with Gasteiger partial charge in [0.2, 0.25) is 10.0 Å². The SMILES string of the molecule is CCCCCCCCCCS(=O)(=O)NC(=O)c1cnc(OC(=O)NCC(=O)O)c(OC)c1. The van der Waals surface area contributed by atoms with Crippen LogP contribution < -0.4 is 19.5 Å². The summed E-state index contributed by atoms with van der Waals surface area (Å²) in [5.41, 5.74) is -0.111. The molecule has 0 atom stereocenters. The second-order valence-corrected chi connectivity index (χ2v) is 8.94. The van der Waals surface area contributed by atoms with Crippen molar-refractivity contribution in [3.8, 4) is 11.6 Å². The number of amides is 2. The molecule has 0 aliphatic carbocycles. The minimum absolute atomic E-state index is 0.108. The van der Waals surface area contributed by atoms with Crippen molar-refractivity contribution in [1.82, 2.24) is 15.0 Å². The summed E-state index contributed by atoms with van der Waals surface area (Å²) in [6.45, 7) is 1.50. The molecule has 3 N–H and O–H groups in total. The van der Waals surface area contributed by atoms with Gasteiger partial charge in [0.25, 0.3) is 11.8 Å². The Hall–Kier alpha value is -2.89.